The van der Waals surface area contributed by atoms with Crippen LogP contribution in [-0.4, -0.2) is 32.9 Å². The quantitative estimate of drug-likeness (QED) is 0.733. The molecule has 0 aliphatic heterocycles. The largest absolute Gasteiger partial charge is 0.480 e. The minimum absolute atomic E-state index is 0.223. The van der Waals surface area contributed by atoms with Gasteiger partial charge in [0.1, 0.15) is 5.54 Å². The van der Waals surface area contributed by atoms with Crippen LogP contribution in [-0.2, 0) is 24.2 Å². The zero-order chi connectivity index (χ0) is 15.5. The van der Waals surface area contributed by atoms with E-state index in [2.05, 4.69) is 37.3 Å². The van der Waals surface area contributed by atoms with E-state index >= 15 is 0 Å². The Labute approximate surface area is 126 Å². The van der Waals surface area contributed by atoms with Gasteiger partial charge < -0.3 is 10.4 Å². The average molecular weight is 293 g/mol. The molecule has 1 unspecified atom stereocenters. The number of rotatable bonds is 9. The van der Waals surface area contributed by atoms with Gasteiger partial charge in [-0.15, -0.1) is 0 Å². The Morgan fingerprint density at radius 3 is 2.62 bits per heavy atom. The van der Waals surface area contributed by atoms with E-state index < -0.39 is 11.5 Å². The number of carboxylic acid groups (broad SMARTS) is 1. The van der Waals surface area contributed by atoms with Gasteiger partial charge in [0.2, 0.25) is 0 Å². The van der Waals surface area contributed by atoms with Gasteiger partial charge in [-0.25, -0.2) is 0 Å². The first-order valence-corrected chi connectivity index (χ1v) is 8.11. The molecule has 1 aliphatic rings. The van der Waals surface area contributed by atoms with Gasteiger partial charge in [-0.1, -0.05) is 20.8 Å². The van der Waals surface area contributed by atoms with Crippen molar-refractivity contribution in [2.24, 2.45) is 5.92 Å². The molecule has 1 aromatic heterocycles. The Morgan fingerprint density at radius 1 is 1.43 bits per heavy atom. The highest BCUT2D eigenvalue weighted by Gasteiger charge is 2.51. The number of nitrogens with one attached hydrogen (secondary N) is 1. The summed E-state index contributed by atoms with van der Waals surface area (Å²) in [5.41, 5.74) is 1.30. The Bertz CT molecular complexity index is 494. The van der Waals surface area contributed by atoms with Gasteiger partial charge in [0.25, 0.3) is 0 Å². The minimum atomic E-state index is -0.864. The first-order valence-electron chi connectivity index (χ1n) is 8.11. The zero-order valence-corrected chi connectivity index (χ0v) is 13.4. The minimum Gasteiger partial charge on any atom is -0.480 e. The zero-order valence-electron chi connectivity index (χ0n) is 13.4. The van der Waals surface area contributed by atoms with Crippen molar-refractivity contribution in [1.29, 1.82) is 0 Å². The van der Waals surface area contributed by atoms with Crippen molar-refractivity contribution in [3.05, 3.63) is 17.5 Å². The third-order valence-corrected chi connectivity index (χ3v) is 4.38. The number of aryl methyl sites for hydroxylation is 2. The molecular formula is C16H27N3O2. The summed E-state index contributed by atoms with van der Waals surface area (Å²) < 4.78 is 1.91. The molecule has 5 nitrogen and oxygen atoms in total. The molecule has 0 amide bonds. The maximum absolute atomic E-state index is 12.0. The van der Waals surface area contributed by atoms with Crippen LogP contribution in [0.2, 0.25) is 0 Å². The van der Waals surface area contributed by atoms with E-state index in [4.69, 9.17) is 0 Å². The maximum Gasteiger partial charge on any atom is 0.326 e. The summed E-state index contributed by atoms with van der Waals surface area (Å²) in [6.07, 6.45) is 4.67. The van der Waals surface area contributed by atoms with Crippen molar-refractivity contribution in [2.45, 2.75) is 65.0 Å². The molecule has 21 heavy (non-hydrogen) atoms. The van der Waals surface area contributed by atoms with Crippen molar-refractivity contribution in [3.8, 4) is 0 Å². The van der Waals surface area contributed by atoms with Crippen molar-refractivity contribution in [1.82, 2.24) is 15.1 Å². The highest BCUT2D eigenvalue weighted by molar-refractivity contribution is 5.79. The van der Waals surface area contributed by atoms with Crippen molar-refractivity contribution in [2.75, 3.05) is 6.54 Å². The third-order valence-electron chi connectivity index (χ3n) is 4.38. The highest BCUT2D eigenvalue weighted by Crippen LogP contribution is 2.41. The van der Waals surface area contributed by atoms with Crippen molar-refractivity contribution < 1.29 is 9.90 Å². The summed E-state index contributed by atoms with van der Waals surface area (Å²) in [5, 5.41) is 17.8. The normalized spacial score (nSPS) is 17.7. The van der Waals surface area contributed by atoms with E-state index in [1.54, 1.807) is 0 Å². The molecule has 1 saturated carbocycles. The molecule has 0 spiro atoms. The molecule has 0 bridgehead atoms. The fourth-order valence-electron chi connectivity index (χ4n) is 2.92. The van der Waals surface area contributed by atoms with Crippen LogP contribution in [0.15, 0.2) is 6.07 Å². The lowest BCUT2D eigenvalue weighted by molar-refractivity contribution is -0.147. The molecule has 0 radical (unpaired) electrons. The molecule has 1 atom stereocenters. The summed E-state index contributed by atoms with van der Waals surface area (Å²) in [7, 11) is 0. The number of carbonyl (C=O) groups is 1. The monoisotopic (exact) mass is 293 g/mol. The fourth-order valence-corrected chi connectivity index (χ4v) is 2.92. The molecule has 1 fully saturated rings. The Kier molecular flexibility index (Phi) is 5.04. The van der Waals surface area contributed by atoms with Gasteiger partial charge in [0.15, 0.2) is 0 Å². The van der Waals surface area contributed by atoms with Crippen LogP contribution in [0.1, 0.15) is 51.4 Å². The number of hydrogen-bond acceptors (Lipinski definition) is 3. The molecule has 5 heteroatoms. The molecule has 1 aromatic rings. The molecule has 1 heterocycles. The van der Waals surface area contributed by atoms with E-state index in [1.165, 1.54) is 0 Å². The lowest BCUT2D eigenvalue weighted by Crippen LogP contribution is -2.57. The van der Waals surface area contributed by atoms with Crippen molar-refractivity contribution >= 4 is 5.97 Å². The molecule has 0 aromatic carbocycles. The van der Waals surface area contributed by atoms with Crippen LogP contribution in [0.5, 0.6) is 0 Å². The van der Waals surface area contributed by atoms with E-state index in [1.807, 2.05) is 4.68 Å². The van der Waals surface area contributed by atoms with E-state index in [-0.39, 0.29) is 5.92 Å². The van der Waals surface area contributed by atoms with Gasteiger partial charge in [-0.2, -0.15) is 5.10 Å². The predicted molar refractivity (Wildman–Crippen MR) is 82.4 cm³/mol. The van der Waals surface area contributed by atoms with E-state index in [0.29, 0.717) is 6.54 Å². The average Bonchev–Trinajstić information content (AvgIpc) is 3.25. The molecule has 2 N–H and O–H groups in total. The van der Waals surface area contributed by atoms with Crippen molar-refractivity contribution in [3.63, 3.8) is 0 Å². The van der Waals surface area contributed by atoms with Gasteiger partial charge in [-0.05, 0) is 50.6 Å². The summed E-state index contributed by atoms with van der Waals surface area (Å²) >= 11 is 0. The number of nitrogens with zero attached hydrogens (tertiary/aromatic N) is 2. The van der Waals surface area contributed by atoms with Crippen LogP contribution in [0.3, 0.4) is 0 Å². The lowest BCUT2D eigenvalue weighted by atomic mass is 9.92. The topological polar surface area (TPSA) is 67.2 Å². The second-order valence-corrected chi connectivity index (χ2v) is 5.97. The standard InChI is InChI=1S/C16H27N3O2/c1-4-9-17-16(15(20)21,12-7-8-12)11-19-14(6-3)10-13(5-2)18-19/h10,12,17H,4-9,11H2,1-3H3,(H,20,21). The van der Waals surface area contributed by atoms with Crippen LogP contribution in [0.25, 0.3) is 0 Å². The van der Waals surface area contributed by atoms with Gasteiger partial charge in [-0.3, -0.25) is 9.48 Å². The number of carboxylic acids is 1. The molecule has 1 aliphatic carbocycles. The smallest absolute Gasteiger partial charge is 0.326 e. The summed E-state index contributed by atoms with van der Waals surface area (Å²) in [6.45, 7) is 7.38. The van der Waals surface area contributed by atoms with Crippen LogP contribution in [0.4, 0.5) is 0 Å². The summed E-state index contributed by atoms with van der Waals surface area (Å²) in [6, 6.07) is 2.10. The van der Waals surface area contributed by atoms with Crippen LogP contribution in [0, 0.1) is 5.92 Å². The predicted octanol–water partition coefficient (Wildman–Crippen LogP) is 2.24. The molecule has 0 saturated heterocycles. The first kappa shape index (κ1) is 16.0. The van der Waals surface area contributed by atoms with Gasteiger partial charge in [0.05, 0.1) is 12.2 Å². The first-order chi connectivity index (χ1) is 10.1. The maximum atomic E-state index is 12.0. The fraction of sp³-hybridized carbons (Fsp3) is 0.750. The third kappa shape index (κ3) is 3.28. The van der Waals surface area contributed by atoms with Gasteiger partial charge >= 0.3 is 5.97 Å². The van der Waals surface area contributed by atoms with Gasteiger partial charge in [0, 0.05) is 5.69 Å². The molecular weight excluding hydrogens is 266 g/mol. The number of hydrogen-bond donors (Lipinski definition) is 2. The summed E-state index contributed by atoms with van der Waals surface area (Å²) in [4.78, 5) is 12.0. The Hall–Kier alpha value is -1.36. The SMILES string of the molecule is CCCNC(Cn1nc(CC)cc1CC)(C(=O)O)C1CC1. The van der Waals surface area contributed by atoms with Crippen LogP contribution < -0.4 is 5.32 Å². The second kappa shape index (κ2) is 6.60. The summed E-state index contributed by atoms with van der Waals surface area (Å²) in [5.74, 6) is -0.519. The Balaban J connectivity index is 2.29. The number of aromatic nitrogens is 2. The van der Waals surface area contributed by atoms with E-state index in [9.17, 15) is 9.90 Å². The highest BCUT2D eigenvalue weighted by atomic mass is 16.4. The van der Waals surface area contributed by atoms with E-state index in [0.717, 1.165) is 50.0 Å². The Morgan fingerprint density at radius 2 is 2.14 bits per heavy atom. The second-order valence-electron chi connectivity index (χ2n) is 5.97. The number of aliphatic carboxylic acids is 1. The van der Waals surface area contributed by atoms with Crippen LogP contribution >= 0.6 is 0 Å². The molecule has 2 rings (SSSR count). The molecule has 118 valence electrons. The lowest BCUT2D eigenvalue weighted by Gasteiger charge is -2.31.